The summed E-state index contributed by atoms with van der Waals surface area (Å²) < 4.78 is 5.20. The summed E-state index contributed by atoms with van der Waals surface area (Å²) in [5.74, 6) is -0.0674. The van der Waals surface area contributed by atoms with Gasteiger partial charge in [0.25, 0.3) is 5.91 Å². The van der Waals surface area contributed by atoms with Crippen molar-refractivity contribution in [2.75, 3.05) is 12.4 Å². The summed E-state index contributed by atoms with van der Waals surface area (Å²) in [5, 5.41) is 2.64. The van der Waals surface area contributed by atoms with E-state index >= 15 is 0 Å². The summed E-state index contributed by atoms with van der Waals surface area (Å²) in [4.78, 5) is 25.9. The first-order chi connectivity index (χ1) is 10.1. The molecular formula is C17H26N2O3. The minimum atomic E-state index is -0.561. The molecular weight excluding hydrogens is 280 g/mol. The first kappa shape index (κ1) is 18.0. The average molecular weight is 306 g/mol. The van der Waals surface area contributed by atoms with E-state index in [-0.39, 0.29) is 11.9 Å². The minimum absolute atomic E-state index is 0.0674. The van der Waals surface area contributed by atoms with Crippen LogP contribution in [0.5, 0.6) is 0 Å². The summed E-state index contributed by atoms with van der Waals surface area (Å²) in [6.07, 6.45) is 0.352. The monoisotopic (exact) mass is 306 g/mol. The van der Waals surface area contributed by atoms with Gasteiger partial charge in [0.15, 0.2) is 0 Å². The van der Waals surface area contributed by atoms with Gasteiger partial charge in [-0.05, 0) is 52.3 Å². The molecule has 1 aromatic rings. The predicted octanol–water partition coefficient (Wildman–Crippen LogP) is 3.90. The van der Waals surface area contributed by atoms with Gasteiger partial charge in [0.2, 0.25) is 0 Å². The molecule has 1 unspecified atom stereocenters. The number of carbonyl (C=O) groups excluding carboxylic acids is 2. The van der Waals surface area contributed by atoms with Crippen molar-refractivity contribution in [1.29, 1.82) is 0 Å². The van der Waals surface area contributed by atoms with Gasteiger partial charge in [-0.15, -0.1) is 0 Å². The van der Waals surface area contributed by atoms with Crippen LogP contribution >= 0.6 is 0 Å². The van der Waals surface area contributed by atoms with Gasteiger partial charge < -0.3 is 9.64 Å². The SMILES string of the molecule is CCC(C)N(C)C(=O)c1cccc(NC(=O)OC(C)(C)C)c1. The topological polar surface area (TPSA) is 58.6 Å². The Bertz CT molecular complexity index is 535. The van der Waals surface area contributed by atoms with Crippen LogP contribution in [0.4, 0.5) is 10.5 Å². The molecule has 0 aromatic heterocycles. The maximum atomic E-state index is 12.4. The molecule has 2 amide bonds. The molecule has 0 aliphatic heterocycles. The second-order valence-corrected chi connectivity index (χ2v) is 6.38. The third kappa shape index (κ3) is 5.39. The Hall–Kier alpha value is -2.04. The van der Waals surface area contributed by atoms with Crippen molar-refractivity contribution in [3.8, 4) is 0 Å². The smallest absolute Gasteiger partial charge is 0.412 e. The molecule has 0 aliphatic rings. The number of carbonyl (C=O) groups is 2. The van der Waals surface area contributed by atoms with Crippen LogP contribution in [-0.2, 0) is 4.74 Å². The van der Waals surface area contributed by atoms with Gasteiger partial charge in [-0.3, -0.25) is 10.1 Å². The molecule has 1 atom stereocenters. The number of anilines is 1. The first-order valence-corrected chi connectivity index (χ1v) is 7.51. The molecule has 22 heavy (non-hydrogen) atoms. The van der Waals surface area contributed by atoms with E-state index in [9.17, 15) is 9.59 Å². The molecule has 0 heterocycles. The Balaban J connectivity index is 2.82. The Morgan fingerprint density at radius 2 is 1.95 bits per heavy atom. The van der Waals surface area contributed by atoms with E-state index in [1.54, 1.807) is 57.0 Å². The zero-order valence-electron chi connectivity index (χ0n) is 14.3. The molecule has 0 aliphatic carbocycles. The highest BCUT2D eigenvalue weighted by Gasteiger charge is 2.18. The average Bonchev–Trinajstić information content (AvgIpc) is 2.43. The Kier molecular flexibility index (Phi) is 5.97. The normalized spacial score (nSPS) is 12.5. The van der Waals surface area contributed by atoms with Gasteiger partial charge in [0.05, 0.1) is 0 Å². The molecule has 0 spiro atoms. The van der Waals surface area contributed by atoms with Crippen molar-refractivity contribution >= 4 is 17.7 Å². The summed E-state index contributed by atoms with van der Waals surface area (Å²) in [6.45, 7) is 9.44. The van der Waals surface area contributed by atoms with E-state index < -0.39 is 11.7 Å². The van der Waals surface area contributed by atoms with E-state index in [4.69, 9.17) is 4.74 Å². The largest absolute Gasteiger partial charge is 0.444 e. The molecule has 5 nitrogen and oxygen atoms in total. The number of ether oxygens (including phenoxy) is 1. The number of benzene rings is 1. The van der Waals surface area contributed by atoms with Crippen molar-refractivity contribution in [1.82, 2.24) is 4.90 Å². The summed E-state index contributed by atoms with van der Waals surface area (Å²) >= 11 is 0. The number of nitrogens with zero attached hydrogens (tertiary/aromatic N) is 1. The van der Waals surface area contributed by atoms with Crippen LogP contribution in [0.2, 0.25) is 0 Å². The standard InChI is InChI=1S/C17H26N2O3/c1-7-12(2)19(6)15(20)13-9-8-10-14(11-13)18-16(21)22-17(3,4)5/h8-12H,7H2,1-6H3,(H,18,21). The van der Waals surface area contributed by atoms with Crippen molar-refractivity contribution in [3.05, 3.63) is 29.8 Å². The van der Waals surface area contributed by atoms with Crippen molar-refractivity contribution in [2.45, 2.75) is 52.7 Å². The molecule has 5 heteroatoms. The van der Waals surface area contributed by atoms with Gasteiger partial charge in [-0.25, -0.2) is 4.79 Å². The van der Waals surface area contributed by atoms with Crippen LogP contribution in [0.1, 0.15) is 51.4 Å². The number of nitrogens with one attached hydrogen (secondary N) is 1. The second kappa shape index (κ2) is 7.29. The van der Waals surface area contributed by atoms with E-state index in [1.165, 1.54) is 0 Å². The number of rotatable bonds is 4. The molecule has 1 rings (SSSR count). The van der Waals surface area contributed by atoms with Crippen LogP contribution in [0.25, 0.3) is 0 Å². The van der Waals surface area contributed by atoms with Gasteiger partial charge in [0.1, 0.15) is 5.60 Å². The molecule has 0 bridgehead atoms. The molecule has 0 saturated heterocycles. The first-order valence-electron chi connectivity index (χ1n) is 7.51. The Morgan fingerprint density at radius 1 is 1.32 bits per heavy atom. The third-order valence-electron chi connectivity index (χ3n) is 3.33. The highest BCUT2D eigenvalue weighted by atomic mass is 16.6. The maximum Gasteiger partial charge on any atom is 0.412 e. The van der Waals surface area contributed by atoms with E-state index in [0.29, 0.717) is 11.3 Å². The molecule has 1 aromatic carbocycles. The quantitative estimate of drug-likeness (QED) is 0.917. The summed E-state index contributed by atoms with van der Waals surface area (Å²) in [7, 11) is 1.78. The van der Waals surface area contributed by atoms with Crippen LogP contribution in [0, 0.1) is 0 Å². The highest BCUT2D eigenvalue weighted by molar-refractivity contribution is 5.96. The van der Waals surface area contributed by atoms with Crippen LogP contribution in [-0.4, -0.2) is 35.6 Å². The lowest BCUT2D eigenvalue weighted by Crippen LogP contribution is -2.34. The lowest BCUT2D eigenvalue weighted by atomic mass is 10.1. The highest BCUT2D eigenvalue weighted by Crippen LogP contribution is 2.16. The fourth-order valence-corrected chi connectivity index (χ4v) is 1.83. The fraction of sp³-hybridized carbons (Fsp3) is 0.529. The Morgan fingerprint density at radius 3 is 2.50 bits per heavy atom. The van der Waals surface area contributed by atoms with Gasteiger partial charge >= 0.3 is 6.09 Å². The zero-order chi connectivity index (χ0) is 16.9. The van der Waals surface area contributed by atoms with Crippen molar-refractivity contribution in [2.24, 2.45) is 0 Å². The Labute approximate surface area is 132 Å². The maximum absolute atomic E-state index is 12.4. The minimum Gasteiger partial charge on any atom is -0.444 e. The van der Waals surface area contributed by atoms with E-state index in [1.807, 2.05) is 13.8 Å². The molecule has 1 N–H and O–H groups in total. The van der Waals surface area contributed by atoms with Crippen LogP contribution in [0.15, 0.2) is 24.3 Å². The predicted molar refractivity (Wildman–Crippen MR) is 88.1 cm³/mol. The number of amides is 2. The fourth-order valence-electron chi connectivity index (χ4n) is 1.83. The molecule has 0 radical (unpaired) electrons. The second-order valence-electron chi connectivity index (χ2n) is 6.38. The van der Waals surface area contributed by atoms with Gasteiger partial charge in [0, 0.05) is 24.3 Å². The molecule has 0 fully saturated rings. The molecule has 0 saturated carbocycles. The summed E-state index contributed by atoms with van der Waals surface area (Å²) in [6, 6.07) is 7.02. The van der Waals surface area contributed by atoms with Crippen molar-refractivity contribution < 1.29 is 14.3 Å². The van der Waals surface area contributed by atoms with Crippen LogP contribution in [0.3, 0.4) is 0 Å². The van der Waals surface area contributed by atoms with Crippen LogP contribution < -0.4 is 5.32 Å². The summed E-state index contributed by atoms with van der Waals surface area (Å²) in [5.41, 5.74) is 0.517. The van der Waals surface area contributed by atoms with Gasteiger partial charge in [-0.2, -0.15) is 0 Å². The molecule has 122 valence electrons. The van der Waals surface area contributed by atoms with Gasteiger partial charge in [-0.1, -0.05) is 13.0 Å². The van der Waals surface area contributed by atoms with E-state index in [0.717, 1.165) is 6.42 Å². The third-order valence-corrected chi connectivity index (χ3v) is 3.33. The van der Waals surface area contributed by atoms with E-state index in [2.05, 4.69) is 5.32 Å². The van der Waals surface area contributed by atoms with Crippen molar-refractivity contribution in [3.63, 3.8) is 0 Å². The lowest BCUT2D eigenvalue weighted by Gasteiger charge is -2.24. The zero-order valence-corrected chi connectivity index (χ0v) is 14.3. The number of hydrogen-bond acceptors (Lipinski definition) is 3. The lowest BCUT2D eigenvalue weighted by molar-refractivity contribution is 0.0634. The number of hydrogen-bond donors (Lipinski definition) is 1.